The van der Waals surface area contributed by atoms with Gasteiger partial charge in [-0.1, -0.05) is 0 Å². The normalized spacial score (nSPS) is 11.2. The second-order valence-electron chi connectivity index (χ2n) is 3.32. The lowest BCUT2D eigenvalue weighted by Crippen LogP contribution is -2.09. The van der Waals surface area contributed by atoms with Gasteiger partial charge in [-0.25, -0.2) is 0 Å². The number of alkyl halides is 3. The number of rotatable bonds is 5. The predicted octanol–water partition coefficient (Wildman–Crippen LogP) is 3.32. The van der Waals surface area contributed by atoms with Crippen LogP contribution in [-0.2, 0) is 0 Å². The van der Waals surface area contributed by atoms with Crippen molar-refractivity contribution in [3.63, 3.8) is 0 Å². The fourth-order valence-corrected chi connectivity index (χ4v) is 1.13. The predicted molar refractivity (Wildman–Crippen MR) is 53.9 cm³/mol. The molecule has 0 unspecified atom stereocenters. The highest BCUT2D eigenvalue weighted by molar-refractivity contribution is 5.35. The molecule has 0 aromatic heterocycles. The Morgan fingerprint density at radius 3 is 2.29 bits per heavy atom. The number of ether oxygens (including phenoxy) is 1. The third-order valence-electron chi connectivity index (χ3n) is 1.92. The first-order valence-corrected chi connectivity index (χ1v) is 4.82. The van der Waals surface area contributed by atoms with Crippen LogP contribution < -0.4 is 4.74 Å². The third-order valence-corrected chi connectivity index (χ3v) is 1.92. The van der Waals surface area contributed by atoms with Gasteiger partial charge >= 0.3 is 6.18 Å². The van der Waals surface area contributed by atoms with E-state index in [-0.39, 0.29) is 18.7 Å². The Balaban J connectivity index is 2.35. The molecule has 0 saturated heterocycles. The molecule has 1 aromatic carbocycles. The number of halogens is 3. The molecule has 0 aliphatic rings. The number of nitro benzene ring substituents is 1. The minimum absolute atomic E-state index is 0.0721. The van der Waals surface area contributed by atoms with Gasteiger partial charge < -0.3 is 4.74 Å². The van der Waals surface area contributed by atoms with Gasteiger partial charge in [0.2, 0.25) is 0 Å². The van der Waals surface area contributed by atoms with E-state index >= 15 is 0 Å². The number of hydrogen-bond acceptors (Lipinski definition) is 3. The summed E-state index contributed by atoms with van der Waals surface area (Å²) in [5.74, 6) is 0.317. The molecule has 4 nitrogen and oxygen atoms in total. The molecule has 0 bridgehead atoms. The van der Waals surface area contributed by atoms with Gasteiger partial charge in [-0.05, 0) is 18.6 Å². The van der Waals surface area contributed by atoms with Gasteiger partial charge in [0.15, 0.2) is 0 Å². The highest BCUT2D eigenvalue weighted by atomic mass is 19.4. The summed E-state index contributed by atoms with van der Waals surface area (Å²) in [6, 6.07) is 5.18. The van der Waals surface area contributed by atoms with Gasteiger partial charge in [-0.15, -0.1) is 0 Å². The fourth-order valence-electron chi connectivity index (χ4n) is 1.13. The molecule has 0 spiro atoms. The molecule has 0 fully saturated rings. The minimum atomic E-state index is -4.18. The highest BCUT2D eigenvalue weighted by Crippen LogP contribution is 2.22. The van der Waals surface area contributed by atoms with E-state index < -0.39 is 17.5 Å². The lowest BCUT2D eigenvalue weighted by Gasteiger charge is -2.07. The Morgan fingerprint density at radius 2 is 1.82 bits per heavy atom. The van der Waals surface area contributed by atoms with Gasteiger partial charge in [-0.2, -0.15) is 13.2 Å². The van der Waals surface area contributed by atoms with Crippen molar-refractivity contribution < 1.29 is 22.8 Å². The lowest BCUT2D eigenvalue weighted by molar-refractivity contribution is -0.384. The van der Waals surface area contributed by atoms with Gasteiger partial charge in [0.05, 0.1) is 11.5 Å². The molecular weight excluding hydrogens is 239 g/mol. The van der Waals surface area contributed by atoms with Crippen molar-refractivity contribution in [1.29, 1.82) is 0 Å². The van der Waals surface area contributed by atoms with E-state index in [1.54, 1.807) is 0 Å². The number of non-ortho nitro benzene ring substituents is 1. The Labute approximate surface area is 95.2 Å². The number of nitrogens with zero attached hydrogens (tertiary/aromatic N) is 1. The summed E-state index contributed by atoms with van der Waals surface area (Å²) >= 11 is 0. The van der Waals surface area contributed by atoms with Crippen molar-refractivity contribution in [2.75, 3.05) is 6.61 Å². The molecule has 1 rings (SSSR count). The van der Waals surface area contributed by atoms with Gasteiger partial charge in [0, 0.05) is 18.6 Å². The van der Waals surface area contributed by atoms with E-state index in [1.807, 2.05) is 0 Å². The standard InChI is InChI=1S/C10H10F3NO3/c11-10(12,13)6-1-7-17-9-4-2-8(3-5-9)14(15)16/h2-5H,1,6-7H2. The lowest BCUT2D eigenvalue weighted by atomic mass is 10.3. The molecule has 1 aromatic rings. The second kappa shape index (κ2) is 5.51. The van der Waals surface area contributed by atoms with Crippen LogP contribution in [0.5, 0.6) is 5.75 Å². The van der Waals surface area contributed by atoms with Crippen molar-refractivity contribution >= 4 is 5.69 Å². The molecule has 17 heavy (non-hydrogen) atoms. The summed E-state index contributed by atoms with van der Waals surface area (Å²) in [6.07, 6.45) is -5.22. The fraction of sp³-hybridized carbons (Fsp3) is 0.400. The largest absolute Gasteiger partial charge is 0.494 e. The summed E-state index contributed by atoms with van der Waals surface area (Å²) in [6.45, 7) is -0.0721. The molecule has 94 valence electrons. The van der Waals surface area contributed by atoms with Gasteiger partial charge in [-0.3, -0.25) is 10.1 Å². The maximum absolute atomic E-state index is 11.8. The zero-order valence-electron chi connectivity index (χ0n) is 8.74. The van der Waals surface area contributed by atoms with Crippen LogP contribution in [0, 0.1) is 10.1 Å². The maximum Gasteiger partial charge on any atom is 0.389 e. The summed E-state index contributed by atoms with van der Waals surface area (Å²) in [4.78, 5) is 9.76. The van der Waals surface area contributed by atoms with Crippen LogP contribution >= 0.6 is 0 Å². The van der Waals surface area contributed by atoms with Gasteiger partial charge in [0.25, 0.3) is 5.69 Å². The monoisotopic (exact) mass is 249 g/mol. The Kier molecular flexibility index (Phi) is 4.30. The van der Waals surface area contributed by atoms with Crippen molar-refractivity contribution in [3.05, 3.63) is 34.4 Å². The molecule has 0 atom stereocenters. The van der Waals surface area contributed by atoms with Crippen LogP contribution in [0.25, 0.3) is 0 Å². The molecular formula is C10H10F3NO3. The zero-order chi connectivity index (χ0) is 12.9. The molecule has 0 aliphatic heterocycles. The van der Waals surface area contributed by atoms with Crippen LogP contribution in [0.4, 0.5) is 18.9 Å². The van der Waals surface area contributed by atoms with Crippen LogP contribution in [0.3, 0.4) is 0 Å². The molecule has 0 radical (unpaired) electrons. The minimum Gasteiger partial charge on any atom is -0.494 e. The average Bonchev–Trinajstić information content (AvgIpc) is 2.24. The zero-order valence-corrected chi connectivity index (χ0v) is 8.74. The first kappa shape index (κ1) is 13.3. The van der Waals surface area contributed by atoms with E-state index in [4.69, 9.17) is 4.74 Å². The summed E-state index contributed by atoms with van der Waals surface area (Å²) in [5.41, 5.74) is -0.0901. The van der Waals surface area contributed by atoms with Gasteiger partial charge in [0.1, 0.15) is 5.75 Å². The smallest absolute Gasteiger partial charge is 0.389 e. The topological polar surface area (TPSA) is 52.4 Å². The van der Waals surface area contributed by atoms with Crippen molar-refractivity contribution in [2.24, 2.45) is 0 Å². The molecule has 0 heterocycles. The van der Waals surface area contributed by atoms with E-state index in [0.717, 1.165) is 0 Å². The van der Waals surface area contributed by atoms with E-state index in [0.29, 0.717) is 5.75 Å². The van der Waals surface area contributed by atoms with Crippen LogP contribution in [0.2, 0.25) is 0 Å². The quantitative estimate of drug-likeness (QED) is 0.457. The summed E-state index contributed by atoms with van der Waals surface area (Å²) < 4.78 is 40.4. The number of nitro groups is 1. The first-order valence-electron chi connectivity index (χ1n) is 4.82. The van der Waals surface area contributed by atoms with E-state index in [2.05, 4.69) is 0 Å². The average molecular weight is 249 g/mol. The summed E-state index contributed by atoms with van der Waals surface area (Å²) in [7, 11) is 0. The first-order chi connectivity index (χ1) is 7.88. The Hall–Kier alpha value is -1.79. The molecule has 0 N–H and O–H groups in total. The molecule has 0 amide bonds. The van der Waals surface area contributed by atoms with Crippen LogP contribution in [0.1, 0.15) is 12.8 Å². The van der Waals surface area contributed by atoms with Crippen molar-refractivity contribution in [3.8, 4) is 5.75 Å². The van der Waals surface area contributed by atoms with E-state index in [9.17, 15) is 23.3 Å². The van der Waals surface area contributed by atoms with Crippen LogP contribution in [-0.4, -0.2) is 17.7 Å². The van der Waals surface area contributed by atoms with E-state index in [1.165, 1.54) is 24.3 Å². The summed E-state index contributed by atoms with van der Waals surface area (Å²) in [5, 5.41) is 10.3. The SMILES string of the molecule is O=[N+]([O-])c1ccc(OCCCC(F)(F)F)cc1. The molecule has 0 saturated carbocycles. The van der Waals surface area contributed by atoms with Crippen molar-refractivity contribution in [2.45, 2.75) is 19.0 Å². The number of hydrogen-bond donors (Lipinski definition) is 0. The third kappa shape index (κ3) is 5.19. The number of benzene rings is 1. The van der Waals surface area contributed by atoms with Crippen LogP contribution in [0.15, 0.2) is 24.3 Å². The maximum atomic E-state index is 11.8. The second-order valence-corrected chi connectivity index (χ2v) is 3.32. The molecule has 0 aliphatic carbocycles. The molecule has 7 heteroatoms. The highest BCUT2D eigenvalue weighted by Gasteiger charge is 2.26. The Bertz CT molecular complexity index is 375. The van der Waals surface area contributed by atoms with Crippen molar-refractivity contribution in [1.82, 2.24) is 0 Å². The Morgan fingerprint density at radius 1 is 1.24 bits per heavy atom.